The first-order valence-corrected chi connectivity index (χ1v) is 5.41. The monoisotopic (exact) mass is 181 g/mol. The molecule has 0 radical (unpaired) electrons. The van der Waals surface area contributed by atoms with Crippen molar-refractivity contribution in [1.82, 2.24) is 4.90 Å². The molecule has 0 bridgehead atoms. The van der Waals surface area contributed by atoms with Gasteiger partial charge < -0.3 is 0 Å². The predicted octanol–water partition coefficient (Wildman–Crippen LogP) is 1.98. The van der Waals surface area contributed by atoms with E-state index in [4.69, 9.17) is 0 Å². The maximum atomic E-state index is 11.6. The van der Waals surface area contributed by atoms with E-state index >= 15 is 0 Å². The minimum absolute atomic E-state index is 0.262. The zero-order valence-electron chi connectivity index (χ0n) is 8.68. The molecule has 1 aliphatic carbocycles. The van der Waals surface area contributed by atoms with Gasteiger partial charge >= 0.3 is 0 Å². The van der Waals surface area contributed by atoms with Crippen LogP contribution in [0.4, 0.5) is 0 Å². The molecule has 2 rings (SSSR count). The van der Waals surface area contributed by atoms with Crippen molar-refractivity contribution in [1.29, 1.82) is 0 Å². The third kappa shape index (κ3) is 1.52. The molecule has 2 nitrogen and oxygen atoms in total. The minimum atomic E-state index is 0.262. The summed E-state index contributed by atoms with van der Waals surface area (Å²) in [5.74, 6) is 0.481. The standard InChI is InChI=1S/C11H19NO/c1-11(2)7-4-8-12(11)9-5-3-6-10(9)13/h9H,3-8H2,1-2H3. The maximum absolute atomic E-state index is 11.6. The molecule has 1 heterocycles. The van der Waals surface area contributed by atoms with Gasteiger partial charge in [-0.2, -0.15) is 0 Å². The summed E-state index contributed by atoms with van der Waals surface area (Å²) < 4.78 is 0. The highest BCUT2D eigenvalue weighted by Gasteiger charge is 2.40. The topological polar surface area (TPSA) is 20.3 Å². The number of hydrogen-bond acceptors (Lipinski definition) is 2. The Hall–Kier alpha value is -0.370. The zero-order chi connectivity index (χ0) is 9.47. The van der Waals surface area contributed by atoms with Crippen LogP contribution in [0.3, 0.4) is 0 Å². The number of hydrogen-bond donors (Lipinski definition) is 0. The molecule has 1 saturated heterocycles. The van der Waals surface area contributed by atoms with Crippen molar-refractivity contribution in [2.75, 3.05) is 6.54 Å². The van der Waals surface area contributed by atoms with Crippen LogP contribution in [-0.4, -0.2) is 28.8 Å². The van der Waals surface area contributed by atoms with Crippen LogP contribution in [-0.2, 0) is 4.79 Å². The van der Waals surface area contributed by atoms with Gasteiger partial charge in [0.05, 0.1) is 6.04 Å². The summed E-state index contributed by atoms with van der Waals surface area (Å²) in [6.45, 7) is 5.67. The Bertz CT molecular complexity index is 222. The molecule has 1 aliphatic heterocycles. The Morgan fingerprint density at radius 3 is 2.62 bits per heavy atom. The van der Waals surface area contributed by atoms with Crippen LogP contribution in [0.5, 0.6) is 0 Å². The first kappa shape index (κ1) is 9.20. The summed E-state index contributed by atoms with van der Waals surface area (Å²) in [6.07, 6.45) is 5.53. The lowest BCUT2D eigenvalue weighted by atomic mass is 10.00. The quantitative estimate of drug-likeness (QED) is 0.616. The van der Waals surface area contributed by atoms with Crippen LogP contribution >= 0.6 is 0 Å². The summed E-state index contributed by atoms with van der Waals surface area (Å²) >= 11 is 0. The van der Waals surface area contributed by atoms with E-state index in [1.807, 2.05) is 0 Å². The van der Waals surface area contributed by atoms with E-state index in [0.717, 1.165) is 25.8 Å². The molecule has 1 saturated carbocycles. The number of ketones is 1. The van der Waals surface area contributed by atoms with Crippen molar-refractivity contribution < 1.29 is 4.79 Å². The molecule has 0 amide bonds. The van der Waals surface area contributed by atoms with Crippen molar-refractivity contribution in [2.45, 2.75) is 57.5 Å². The maximum Gasteiger partial charge on any atom is 0.149 e. The Morgan fingerprint density at radius 2 is 2.15 bits per heavy atom. The fraction of sp³-hybridized carbons (Fsp3) is 0.909. The Labute approximate surface area is 80.3 Å². The van der Waals surface area contributed by atoms with E-state index in [1.54, 1.807) is 0 Å². The highest BCUT2D eigenvalue weighted by Crippen LogP contribution is 2.34. The van der Waals surface area contributed by atoms with E-state index < -0.39 is 0 Å². The molecule has 0 aromatic heterocycles. The van der Waals surface area contributed by atoms with Gasteiger partial charge in [-0.15, -0.1) is 0 Å². The summed E-state index contributed by atoms with van der Waals surface area (Å²) in [4.78, 5) is 14.0. The highest BCUT2D eigenvalue weighted by molar-refractivity contribution is 5.86. The van der Waals surface area contributed by atoms with Crippen molar-refractivity contribution in [3.8, 4) is 0 Å². The molecule has 1 unspecified atom stereocenters. The first-order chi connectivity index (χ1) is 6.11. The van der Waals surface area contributed by atoms with Gasteiger partial charge in [0.1, 0.15) is 5.78 Å². The van der Waals surface area contributed by atoms with Gasteiger partial charge in [-0.1, -0.05) is 0 Å². The van der Waals surface area contributed by atoms with E-state index in [0.29, 0.717) is 5.78 Å². The van der Waals surface area contributed by atoms with E-state index in [1.165, 1.54) is 12.8 Å². The van der Waals surface area contributed by atoms with Crippen molar-refractivity contribution >= 4 is 5.78 Å². The molecule has 13 heavy (non-hydrogen) atoms. The van der Waals surface area contributed by atoms with Crippen LogP contribution in [0, 0.1) is 0 Å². The van der Waals surface area contributed by atoms with Gasteiger partial charge in [0.2, 0.25) is 0 Å². The largest absolute Gasteiger partial charge is 0.298 e. The zero-order valence-corrected chi connectivity index (χ0v) is 8.68. The highest BCUT2D eigenvalue weighted by atomic mass is 16.1. The smallest absolute Gasteiger partial charge is 0.149 e. The van der Waals surface area contributed by atoms with Crippen molar-refractivity contribution in [2.24, 2.45) is 0 Å². The van der Waals surface area contributed by atoms with Crippen molar-refractivity contribution in [3.63, 3.8) is 0 Å². The van der Waals surface area contributed by atoms with Gasteiger partial charge in [-0.05, 0) is 46.1 Å². The van der Waals surface area contributed by atoms with Crippen LogP contribution in [0.2, 0.25) is 0 Å². The summed E-state index contributed by atoms with van der Waals surface area (Å²) in [5, 5.41) is 0. The van der Waals surface area contributed by atoms with E-state index in [-0.39, 0.29) is 11.6 Å². The van der Waals surface area contributed by atoms with E-state index in [2.05, 4.69) is 18.7 Å². The van der Waals surface area contributed by atoms with Gasteiger partial charge in [-0.25, -0.2) is 0 Å². The second-order valence-electron chi connectivity index (χ2n) is 4.98. The molecule has 2 fully saturated rings. The fourth-order valence-corrected chi connectivity index (χ4v) is 2.83. The number of Topliss-reactive ketones (excluding diaryl/α,β-unsaturated/α-hetero) is 1. The molecule has 0 aromatic carbocycles. The Morgan fingerprint density at radius 1 is 1.38 bits per heavy atom. The third-order valence-electron chi connectivity index (χ3n) is 3.61. The molecule has 0 N–H and O–H groups in total. The molecule has 0 aromatic rings. The molecule has 74 valence electrons. The van der Waals surface area contributed by atoms with Crippen LogP contribution in [0.15, 0.2) is 0 Å². The Kier molecular flexibility index (Phi) is 2.18. The van der Waals surface area contributed by atoms with Gasteiger partial charge in [0, 0.05) is 12.0 Å². The lowest BCUT2D eigenvalue weighted by molar-refractivity contribution is -0.123. The third-order valence-corrected chi connectivity index (χ3v) is 3.61. The number of rotatable bonds is 1. The average Bonchev–Trinajstić information content (AvgIpc) is 2.56. The fourth-order valence-electron chi connectivity index (χ4n) is 2.83. The summed E-state index contributed by atoms with van der Waals surface area (Å²) in [7, 11) is 0. The van der Waals surface area contributed by atoms with Crippen LogP contribution < -0.4 is 0 Å². The normalized spacial score (nSPS) is 34.3. The van der Waals surface area contributed by atoms with Crippen molar-refractivity contribution in [3.05, 3.63) is 0 Å². The lowest BCUT2D eigenvalue weighted by Gasteiger charge is -2.35. The molecule has 2 heteroatoms. The van der Waals surface area contributed by atoms with Gasteiger partial charge in [0.15, 0.2) is 0 Å². The molecular weight excluding hydrogens is 162 g/mol. The first-order valence-electron chi connectivity index (χ1n) is 5.41. The SMILES string of the molecule is CC1(C)CCCN1C1CCCC1=O. The molecule has 0 spiro atoms. The molecule has 1 atom stereocenters. The summed E-state index contributed by atoms with van der Waals surface area (Å²) in [5.41, 5.74) is 0.269. The number of carbonyl (C=O) groups is 1. The average molecular weight is 181 g/mol. The van der Waals surface area contributed by atoms with Gasteiger partial charge in [-0.3, -0.25) is 9.69 Å². The minimum Gasteiger partial charge on any atom is -0.298 e. The second-order valence-corrected chi connectivity index (χ2v) is 4.98. The van der Waals surface area contributed by atoms with Gasteiger partial charge in [0.25, 0.3) is 0 Å². The van der Waals surface area contributed by atoms with E-state index in [9.17, 15) is 4.79 Å². The Balaban J connectivity index is 2.11. The lowest BCUT2D eigenvalue weighted by Crippen LogP contribution is -2.47. The number of carbonyl (C=O) groups excluding carboxylic acids is 1. The predicted molar refractivity (Wildman–Crippen MR) is 52.7 cm³/mol. The number of likely N-dealkylation sites (tertiary alicyclic amines) is 1. The molecule has 2 aliphatic rings. The van der Waals surface area contributed by atoms with Crippen LogP contribution in [0.1, 0.15) is 46.0 Å². The summed E-state index contributed by atoms with van der Waals surface area (Å²) in [6, 6.07) is 0.262. The molecular formula is C11H19NO. The second kappa shape index (κ2) is 3.09. The number of nitrogens with zero attached hydrogens (tertiary/aromatic N) is 1. The van der Waals surface area contributed by atoms with Crippen LogP contribution in [0.25, 0.3) is 0 Å².